The van der Waals surface area contributed by atoms with E-state index < -0.39 is 0 Å². The van der Waals surface area contributed by atoms with E-state index in [-0.39, 0.29) is 5.78 Å². The molecule has 0 saturated carbocycles. The van der Waals surface area contributed by atoms with E-state index in [1.54, 1.807) is 0 Å². The summed E-state index contributed by atoms with van der Waals surface area (Å²) in [4.78, 5) is 15.8. The minimum Gasteiger partial charge on any atom is -0.289 e. The molecule has 0 fully saturated rings. The van der Waals surface area contributed by atoms with Crippen LogP contribution in [0.15, 0.2) is 243 Å². The Labute approximate surface area is 396 Å². The standard InChI is InChI=1S/C66H54O/c1-45(2)46(3)56-29-13-21-37-64(56)65-38-22-20-36-63(65)53-40-52(62-35-19-16-32-59(62)49-27-11-6-12-28-49)43-55(44-53)66(67)54-41-50(60-33-17-14-30-57(60)47-23-7-4-8-24-47)39-51(42-54)61-34-18-15-31-58(61)48-25-9-5-10-26-48/h4-28,30-46,56H,29H2,1-3H3. The van der Waals surface area contributed by atoms with Gasteiger partial charge in [-0.1, -0.05) is 227 Å². The smallest absolute Gasteiger partial charge is 0.193 e. The quantitative estimate of drug-likeness (QED) is 0.112. The average Bonchev–Trinajstić information content (AvgIpc) is 3.41. The maximum absolute atomic E-state index is 15.8. The molecule has 0 radical (unpaired) electrons. The lowest BCUT2D eigenvalue weighted by molar-refractivity contribution is 0.103. The van der Waals surface area contributed by atoms with Gasteiger partial charge in [0.1, 0.15) is 0 Å². The molecule has 0 N–H and O–H groups in total. The van der Waals surface area contributed by atoms with Gasteiger partial charge < -0.3 is 0 Å². The third kappa shape index (κ3) is 8.94. The van der Waals surface area contributed by atoms with Gasteiger partial charge in [-0.3, -0.25) is 4.79 Å². The molecule has 1 aliphatic carbocycles. The summed E-state index contributed by atoms with van der Waals surface area (Å²) in [5.74, 6) is 1.38. The Morgan fingerprint density at radius 1 is 0.373 bits per heavy atom. The molecule has 9 aromatic rings. The predicted octanol–water partition coefficient (Wildman–Crippen LogP) is 17.8. The second kappa shape index (κ2) is 19.3. The summed E-state index contributed by atoms with van der Waals surface area (Å²) in [6.07, 6.45) is 7.85. The van der Waals surface area contributed by atoms with E-state index >= 15 is 4.79 Å². The normalized spacial score (nSPS) is 13.9. The summed E-state index contributed by atoms with van der Waals surface area (Å²) in [5.41, 5.74) is 18.9. The molecule has 0 spiro atoms. The first kappa shape index (κ1) is 43.0. The zero-order chi connectivity index (χ0) is 45.7. The van der Waals surface area contributed by atoms with Crippen molar-refractivity contribution in [3.63, 3.8) is 0 Å². The molecule has 0 heterocycles. The zero-order valence-corrected chi connectivity index (χ0v) is 38.4. The van der Waals surface area contributed by atoms with Crippen LogP contribution >= 0.6 is 0 Å². The molecular formula is C66H54O. The van der Waals surface area contributed by atoms with Crippen molar-refractivity contribution in [1.82, 2.24) is 0 Å². The Balaban J connectivity index is 1.20. The molecule has 324 valence electrons. The third-order valence-electron chi connectivity index (χ3n) is 13.8. The lowest BCUT2D eigenvalue weighted by Crippen LogP contribution is -2.19. The lowest BCUT2D eigenvalue weighted by atomic mass is 9.73. The Morgan fingerprint density at radius 2 is 0.672 bits per heavy atom. The first-order valence-corrected chi connectivity index (χ1v) is 23.7. The summed E-state index contributed by atoms with van der Waals surface area (Å²) in [6, 6.07) is 79.1. The molecule has 10 rings (SSSR count). The summed E-state index contributed by atoms with van der Waals surface area (Å²) >= 11 is 0. The van der Waals surface area contributed by atoms with Crippen molar-refractivity contribution in [3.8, 4) is 77.9 Å². The zero-order valence-electron chi connectivity index (χ0n) is 38.4. The predicted molar refractivity (Wildman–Crippen MR) is 284 cm³/mol. The topological polar surface area (TPSA) is 17.1 Å². The van der Waals surface area contributed by atoms with Crippen LogP contribution in [0.25, 0.3) is 83.5 Å². The molecule has 0 aromatic heterocycles. The average molecular weight is 863 g/mol. The highest BCUT2D eigenvalue weighted by atomic mass is 16.1. The third-order valence-corrected chi connectivity index (χ3v) is 13.8. The van der Waals surface area contributed by atoms with Crippen LogP contribution in [0.4, 0.5) is 0 Å². The fourth-order valence-corrected chi connectivity index (χ4v) is 10.0. The summed E-state index contributed by atoms with van der Waals surface area (Å²) in [5, 5.41) is 0. The number of carbonyl (C=O) groups excluding carboxylic acids is 1. The summed E-state index contributed by atoms with van der Waals surface area (Å²) < 4.78 is 0. The van der Waals surface area contributed by atoms with Crippen molar-refractivity contribution >= 4 is 11.4 Å². The number of hydrogen-bond acceptors (Lipinski definition) is 1. The highest BCUT2D eigenvalue weighted by Gasteiger charge is 2.27. The van der Waals surface area contributed by atoms with Crippen molar-refractivity contribution in [2.75, 3.05) is 0 Å². The molecule has 9 aromatic carbocycles. The molecule has 0 amide bonds. The molecule has 0 bridgehead atoms. The van der Waals surface area contributed by atoms with E-state index in [2.05, 4.69) is 263 Å². The van der Waals surface area contributed by atoms with Crippen LogP contribution in [0.1, 0.15) is 48.7 Å². The van der Waals surface area contributed by atoms with Crippen LogP contribution in [0, 0.1) is 17.8 Å². The molecular weight excluding hydrogens is 809 g/mol. The molecule has 1 nitrogen and oxygen atoms in total. The highest BCUT2D eigenvalue weighted by molar-refractivity contribution is 6.12. The van der Waals surface area contributed by atoms with Crippen molar-refractivity contribution in [2.45, 2.75) is 27.2 Å². The maximum atomic E-state index is 15.8. The van der Waals surface area contributed by atoms with Gasteiger partial charge in [0.25, 0.3) is 0 Å². The largest absolute Gasteiger partial charge is 0.289 e. The van der Waals surface area contributed by atoms with Gasteiger partial charge in [-0.2, -0.15) is 0 Å². The van der Waals surface area contributed by atoms with Gasteiger partial charge in [0.15, 0.2) is 5.78 Å². The Kier molecular flexibility index (Phi) is 12.4. The van der Waals surface area contributed by atoms with Gasteiger partial charge in [0.2, 0.25) is 0 Å². The molecule has 2 unspecified atom stereocenters. The van der Waals surface area contributed by atoms with Crippen molar-refractivity contribution < 1.29 is 4.79 Å². The van der Waals surface area contributed by atoms with Crippen LogP contribution in [0.2, 0.25) is 0 Å². The summed E-state index contributed by atoms with van der Waals surface area (Å²) in [6.45, 7) is 7.06. The van der Waals surface area contributed by atoms with Crippen molar-refractivity contribution in [1.29, 1.82) is 0 Å². The van der Waals surface area contributed by atoms with Gasteiger partial charge in [-0.05, 0) is 150 Å². The Morgan fingerprint density at radius 3 is 1.01 bits per heavy atom. The van der Waals surface area contributed by atoms with Crippen molar-refractivity contribution in [2.24, 2.45) is 17.8 Å². The molecule has 0 aliphatic heterocycles. The Bertz CT molecular complexity index is 3160. The molecule has 67 heavy (non-hydrogen) atoms. The second-order valence-corrected chi connectivity index (χ2v) is 18.2. The van der Waals surface area contributed by atoms with E-state index in [1.165, 1.54) is 11.1 Å². The molecule has 2 atom stereocenters. The monoisotopic (exact) mass is 862 g/mol. The first-order valence-electron chi connectivity index (χ1n) is 23.7. The number of hydrogen-bond donors (Lipinski definition) is 0. The molecule has 0 saturated heterocycles. The van der Waals surface area contributed by atoms with E-state index in [4.69, 9.17) is 0 Å². The van der Waals surface area contributed by atoms with Crippen LogP contribution in [-0.4, -0.2) is 5.78 Å². The van der Waals surface area contributed by atoms with E-state index in [9.17, 15) is 0 Å². The fraction of sp³-hybridized carbons (Fsp3) is 0.106. The van der Waals surface area contributed by atoms with Crippen LogP contribution in [0.3, 0.4) is 0 Å². The van der Waals surface area contributed by atoms with Crippen LogP contribution < -0.4 is 0 Å². The number of carbonyl (C=O) groups is 1. The van der Waals surface area contributed by atoms with Gasteiger partial charge in [0.05, 0.1) is 0 Å². The molecule has 1 heteroatoms. The van der Waals surface area contributed by atoms with Gasteiger partial charge in [-0.15, -0.1) is 0 Å². The number of benzene rings is 9. The second-order valence-electron chi connectivity index (χ2n) is 18.2. The lowest BCUT2D eigenvalue weighted by Gasteiger charge is -2.31. The molecule has 1 aliphatic rings. The van der Waals surface area contributed by atoms with Gasteiger partial charge in [-0.25, -0.2) is 0 Å². The first-order chi connectivity index (χ1) is 32.9. The highest BCUT2D eigenvalue weighted by Crippen LogP contribution is 2.44. The van der Waals surface area contributed by atoms with Gasteiger partial charge >= 0.3 is 0 Å². The minimum absolute atomic E-state index is 0.0265. The summed E-state index contributed by atoms with van der Waals surface area (Å²) in [7, 11) is 0. The number of allylic oxidation sites excluding steroid dienone is 4. The number of rotatable bonds is 12. The van der Waals surface area contributed by atoms with E-state index in [0.717, 1.165) is 84.3 Å². The number of ketones is 1. The Hall–Kier alpha value is -7.87. The van der Waals surface area contributed by atoms with Crippen LogP contribution in [-0.2, 0) is 0 Å². The van der Waals surface area contributed by atoms with Crippen LogP contribution in [0.5, 0.6) is 0 Å². The fourth-order valence-electron chi connectivity index (χ4n) is 10.0. The van der Waals surface area contributed by atoms with E-state index in [1.807, 2.05) is 0 Å². The van der Waals surface area contributed by atoms with Crippen molar-refractivity contribution in [3.05, 3.63) is 259 Å². The maximum Gasteiger partial charge on any atom is 0.193 e. The van der Waals surface area contributed by atoms with E-state index in [0.29, 0.717) is 28.9 Å². The SMILES string of the molecule is CC(C)C(C)C1CC=CC=C1c1ccccc1-c1cc(C(=O)c2cc(-c3ccccc3-c3ccccc3)cc(-c3ccccc3-c3ccccc3)c2)cc(-c2ccccc2-c2ccccc2)c1. The van der Waals surface area contributed by atoms with Gasteiger partial charge in [0, 0.05) is 11.1 Å². The minimum atomic E-state index is -0.0265.